The van der Waals surface area contributed by atoms with E-state index in [9.17, 15) is 15.0 Å². The van der Waals surface area contributed by atoms with Gasteiger partial charge in [0.15, 0.2) is 11.2 Å². The number of hydrogen-bond acceptors (Lipinski definition) is 7. The van der Waals surface area contributed by atoms with Crippen molar-refractivity contribution in [1.29, 1.82) is 0 Å². The Morgan fingerprint density at radius 2 is 2.21 bits per heavy atom. The lowest BCUT2D eigenvalue weighted by Gasteiger charge is -2.15. The Bertz CT molecular complexity index is 782. The van der Waals surface area contributed by atoms with Gasteiger partial charge < -0.3 is 20.3 Å². The van der Waals surface area contributed by atoms with Crippen molar-refractivity contribution in [2.45, 2.75) is 56.6 Å². The second kappa shape index (κ2) is 6.15. The number of aromatic amines is 1. The molecule has 1 aliphatic heterocycles. The number of nitrogens with one attached hydrogen (secondary N) is 2. The van der Waals surface area contributed by atoms with Gasteiger partial charge >= 0.3 is 0 Å². The van der Waals surface area contributed by atoms with Gasteiger partial charge in [0.1, 0.15) is 12.3 Å². The van der Waals surface area contributed by atoms with E-state index in [1.165, 1.54) is 19.2 Å². The number of anilines is 1. The van der Waals surface area contributed by atoms with Gasteiger partial charge in [0, 0.05) is 12.5 Å². The van der Waals surface area contributed by atoms with Crippen molar-refractivity contribution in [2.75, 3.05) is 11.9 Å². The summed E-state index contributed by atoms with van der Waals surface area (Å²) in [6.45, 7) is -0.257. The fraction of sp³-hybridized carbons (Fsp3) is 0.667. The van der Waals surface area contributed by atoms with Gasteiger partial charge in [-0.05, 0) is 12.8 Å². The zero-order chi connectivity index (χ0) is 16.7. The van der Waals surface area contributed by atoms with Crippen LogP contribution < -0.4 is 10.9 Å². The van der Waals surface area contributed by atoms with E-state index < -0.39 is 18.4 Å². The number of aliphatic hydroxyl groups is 2. The summed E-state index contributed by atoms with van der Waals surface area (Å²) in [7, 11) is 0. The summed E-state index contributed by atoms with van der Waals surface area (Å²) < 4.78 is 7.28. The van der Waals surface area contributed by atoms with Crippen LogP contribution in [0.3, 0.4) is 0 Å². The zero-order valence-corrected chi connectivity index (χ0v) is 13.2. The van der Waals surface area contributed by atoms with Crippen LogP contribution in [0.4, 0.5) is 5.95 Å². The van der Waals surface area contributed by atoms with Crippen LogP contribution in [0.25, 0.3) is 11.2 Å². The Kier molecular flexibility index (Phi) is 3.99. The van der Waals surface area contributed by atoms with Crippen molar-refractivity contribution in [2.24, 2.45) is 0 Å². The maximum Gasteiger partial charge on any atom is 0.280 e. The maximum absolute atomic E-state index is 12.2. The molecule has 0 aromatic carbocycles. The average molecular weight is 335 g/mol. The van der Waals surface area contributed by atoms with Gasteiger partial charge in [-0.15, -0.1) is 0 Å². The molecule has 2 fully saturated rings. The molecular weight excluding hydrogens is 314 g/mol. The number of imidazole rings is 1. The minimum absolute atomic E-state index is 0.234. The lowest BCUT2D eigenvalue weighted by atomic mass is 10.2. The maximum atomic E-state index is 12.2. The van der Waals surface area contributed by atoms with E-state index in [2.05, 4.69) is 20.3 Å². The molecule has 130 valence electrons. The molecule has 1 saturated carbocycles. The Balaban J connectivity index is 1.66. The van der Waals surface area contributed by atoms with Crippen molar-refractivity contribution in [3.05, 3.63) is 16.7 Å². The molecule has 9 heteroatoms. The molecule has 0 radical (unpaired) electrons. The number of aliphatic hydroxyl groups excluding tert-OH is 2. The largest absolute Gasteiger partial charge is 0.394 e. The molecule has 4 N–H and O–H groups in total. The van der Waals surface area contributed by atoms with E-state index in [1.54, 1.807) is 4.57 Å². The molecule has 0 bridgehead atoms. The number of hydrogen-bond donors (Lipinski definition) is 4. The first kappa shape index (κ1) is 15.6. The second-order valence-electron chi connectivity index (χ2n) is 6.48. The summed E-state index contributed by atoms with van der Waals surface area (Å²) in [4.78, 5) is 23.6. The highest BCUT2D eigenvalue weighted by atomic mass is 16.5. The minimum Gasteiger partial charge on any atom is -0.394 e. The van der Waals surface area contributed by atoms with Crippen LogP contribution in [0.2, 0.25) is 0 Å². The molecule has 24 heavy (non-hydrogen) atoms. The van der Waals surface area contributed by atoms with E-state index in [-0.39, 0.29) is 17.7 Å². The minimum atomic E-state index is -0.754. The fourth-order valence-corrected chi connectivity index (χ4v) is 3.52. The summed E-state index contributed by atoms with van der Waals surface area (Å²) in [6, 6.07) is 0.324. The molecule has 4 rings (SSSR count). The number of ether oxygens (including phenoxy) is 1. The van der Waals surface area contributed by atoms with Crippen LogP contribution in [0.1, 0.15) is 38.3 Å². The third kappa shape index (κ3) is 2.68. The number of H-pyrrole nitrogens is 1. The number of rotatable bonds is 4. The molecule has 2 aromatic rings. The van der Waals surface area contributed by atoms with Crippen molar-refractivity contribution in [1.82, 2.24) is 19.5 Å². The summed E-state index contributed by atoms with van der Waals surface area (Å²) >= 11 is 0. The van der Waals surface area contributed by atoms with Gasteiger partial charge in [-0.2, -0.15) is 4.98 Å². The lowest BCUT2D eigenvalue weighted by Crippen LogP contribution is -2.24. The van der Waals surface area contributed by atoms with Crippen LogP contribution in [0.5, 0.6) is 0 Å². The Hall–Kier alpha value is -1.97. The quantitative estimate of drug-likeness (QED) is 0.625. The van der Waals surface area contributed by atoms with Gasteiger partial charge in [0.25, 0.3) is 5.56 Å². The molecular formula is C15H21N5O4. The molecule has 9 nitrogen and oxygen atoms in total. The Labute approximate surface area is 137 Å². The van der Waals surface area contributed by atoms with Crippen molar-refractivity contribution >= 4 is 17.1 Å². The van der Waals surface area contributed by atoms with Crippen molar-refractivity contribution in [3.8, 4) is 0 Å². The van der Waals surface area contributed by atoms with Crippen LogP contribution in [-0.4, -0.2) is 54.6 Å². The number of nitrogens with zero attached hydrogens (tertiary/aromatic N) is 3. The van der Waals surface area contributed by atoms with E-state index in [0.717, 1.165) is 12.8 Å². The summed E-state index contributed by atoms with van der Waals surface area (Å²) in [5, 5.41) is 22.4. The van der Waals surface area contributed by atoms with Crippen LogP contribution in [0, 0.1) is 0 Å². The highest BCUT2D eigenvalue weighted by Gasteiger charge is 2.35. The molecule has 3 atom stereocenters. The zero-order valence-electron chi connectivity index (χ0n) is 13.2. The molecule has 0 unspecified atom stereocenters. The normalized spacial score (nSPS) is 28.0. The molecule has 0 spiro atoms. The van der Waals surface area contributed by atoms with Crippen molar-refractivity contribution in [3.63, 3.8) is 0 Å². The molecule has 2 aliphatic rings. The topological polar surface area (TPSA) is 125 Å². The average Bonchev–Trinajstić information content (AvgIpc) is 3.27. The molecule has 0 amide bonds. The lowest BCUT2D eigenvalue weighted by molar-refractivity contribution is -0.0432. The van der Waals surface area contributed by atoms with Crippen LogP contribution in [0.15, 0.2) is 11.1 Å². The molecule has 1 aliphatic carbocycles. The van der Waals surface area contributed by atoms with E-state index >= 15 is 0 Å². The molecule has 3 heterocycles. The van der Waals surface area contributed by atoms with E-state index in [4.69, 9.17) is 4.74 Å². The smallest absolute Gasteiger partial charge is 0.280 e. The van der Waals surface area contributed by atoms with Gasteiger partial charge in [0.2, 0.25) is 5.95 Å². The highest BCUT2D eigenvalue weighted by molar-refractivity contribution is 5.70. The Morgan fingerprint density at radius 3 is 2.92 bits per heavy atom. The Morgan fingerprint density at radius 1 is 1.42 bits per heavy atom. The third-order valence-electron chi connectivity index (χ3n) is 4.82. The number of aromatic nitrogens is 4. The monoisotopic (exact) mass is 335 g/mol. The standard InChI is InChI=1S/C15H21N5O4/c21-6-10-9(22)5-11(24-10)20-7-16-12-13(20)18-15(19-14(12)23)17-8-3-1-2-4-8/h7-11,21-22H,1-6H2,(H2,17,18,19,23)/t9-,10+,11+/m0/s1. The predicted octanol–water partition coefficient (Wildman–Crippen LogP) is 0.115. The van der Waals surface area contributed by atoms with Crippen LogP contribution in [-0.2, 0) is 4.74 Å². The van der Waals surface area contributed by atoms with Gasteiger partial charge in [0.05, 0.1) is 19.0 Å². The van der Waals surface area contributed by atoms with Crippen LogP contribution >= 0.6 is 0 Å². The fourth-order valence-electron chi connectivity index (χ4n) is 3.52. The van der Waals surface area contributed by atoms with Gasteiger partial charge in [-0.25, -0.2) is 4.98 Å². The van der Waals surface area contributed by atoms with Gasteiger partial charge in [-0.1, -0.05) is 12.8 Å². The number of fused-ring (bicyclic) bond motifs is 1. The van der Waals surface area contributed by atoms with E-state index in [0.29, 0.717) is 24.1 Å². The summed E-state index contributed by atoms with van der Waals surface area (Å²) in [5.41, 5.74) is 0.337. The first-order valence-corrected chi connectivity index (χ1v) is 8.33. The molecule has 2 aromatic heterocycles. The van der Waals surface area contributed by atoms with Gasteiger partial charge in [-0.3, -0.25) is 14.3 Å². The predicted molar refractivity (Wildman–Crippen MR) is 85.6 cm³/mol. The second-order valence-corrected chi connectivity index (χ2v) is 6.48. The first-order valence-electron chi connectivity index (χ1n) is 8.33. The third-order valence-corrected chi connectivity index (χ3v) is 4.82. The van der Waals surface area contributed by atoms with Crippen molar-refractivity contribution < 1.29 is 14.9 Å². The summed E-state index contributed by atoms with van der Waals surface area (Å²) in [5.74, 6) is 0.429. The SMILES string of the molecule is O=c1[nH]c(NC2CCCC2)nc2c1ncn2[C@H]1C[C@H](O)[C@@H](CO)O1. The summed E-state index contributed by atoms with van der Waals surface area (Å²) in [6.07, 6.45) is 4.40. The first-order chi connectivity index (χ1) is 11.7. The van der Waals surface area contributed by atoms with E-state index in [1.807, 2.05) is 0 Å². The molecule has 1 saturated heterocycles. The highest BCUT2D eigenvalue weighted by Crippen LogP contribution is 2.30.